The Hall–Kier alpha value is -1.67. The third-order valence-electron chi connectivity index (χ3n) is 3.20. The zero-order valence-corrected chi connectivity index (χ0v) is 16.3. The van der Waals surface area contributed by atoms with Gasteiger partial charge in [0.25, 0.3) is 5.91 Å². The first-order valence-corrected chi connectivity index (χ1v) is 9.18. The van der Waals surface area contributed by atoms with E-state index in [4.69, 9.17) is 17.0 Å². The standard InChI is InChI=1S/C18H19IN2O2S/c1-2-3-11-23-16-10-5-4-9-15(16)20-18(24)21-17(22)13-7-6-8-14(19)12-13/h4-10,12H,2-3,11H2,1H3,(H2,20,21,22,24). The van der Waals surface area contributed by atoms with Gasteiger partial charge in [0.1, 0.15) is 5.75 Å². The zero-order valence-electron chi connectivity index (χ0n) is 13.3. The van der Waals surface area contributed by atoms with Crippen LogP contribution in [0.5, 0.6) is 5.75 Å². The summed E-state index contributed by atoms with van der Waals surface area (Å²) in [5.41, 5.74) is 1.31. The predicted molar refractivity (Wildman–Crippen MR) is 110 cm³/mol. The number of ether oxygens (including phenoxy) is 1. The molecule has 0 saturated carbocycles. The first-order chi connectivity index (χ1) is 11.6. The number of halogens is 1. The number of carbonyl (C=O) groups is 1. The molecule has 0 atom stereocenters. The molecule has 0 aromatic heterocycles. The third kappa shape index (κ3) is 5.76. The molecule has 2 aromatic carbocycles. The minimum absolute atomic E-state index is 0.240. The summed E-state index contributed by atoms with van der Waals surface area (Å²) in [6, 6.07) is 14.9. The van der Waals surface area contributed by atoms with Gasteiger partial charge in [-0.2, -0.15) is 0 Å². The minimum atomic E-state index is -0.240. The normalized spacial score (nSPS) is 10.1. The Morgan fingerprint density at radius 2 is 2.00 bits per heavy atom. The first-order valence-electron chi connectivity index (χ1n) is 7.70. The van der Waals surface area contributed by atoms with Crippen molar-refractivity contribution in [1.29, 1.82) is 0 Å². The summed E-state index contributed by atoms with van der Waals surface area (Å²) >= 11 is 7.41. The summed E-state index contributed by atoms with van der Waals surface area (Å²) < 4.78 is 6.74. The fraction of sp³-hybridized carbons (Fsp3) is 0.222. The highest BCUT2D eigenvalue weighted by molar-refractivity contribution is 14.1. The summed E-state index contributed by atoms with van der Waals surface area (Å²) in [7, 11) is 0. The zero-order chi connectivity index (χ0) is 17.4. The Kier molecular flexibility index (Phi) is 7.45. The molecule has 4 nitrogen and oxygen atoms in total. The fourth-order valence-electron chi connectivity index (χ4n) is 1.98. The van der Waals surface area contributed by atoms with Crippen molar-refractivity contribution < 1.29 is 9.53 Å². The molecule has 0 heterocycles. The molecule has 126 valence electrons. The van der Waals surface area contributed by atoms with E-state index < -0.39 is 0 Å². The number of hydrogen-bond acceptors (Lipinski definition) is 3. The summed E-state index contributed by atoms with van der Waals surface area (Å²) in [4.78, 5) is 12.2. The van der Waals surface area contributed by atoms with E-state index in [1.54, 1.807) is 12.1 Å². The Morgan fingerprint density at radius 1 is 1.21 bits per heavy atom. The molecule has 0 fully saturated rings. The van der Waals surface area contributed by atoms with Gasteiger partial charge in [0.2, 0.25) is 0 Å². The molecule has 0 saturated heterocycles. The van der Waals surface area contributed by atoms with Crippen molar-refractivity contribution in [2.24, 2.45) is 0 Å². The van der Waals surface area contributed by atoms with Crippen LogP contribution >= 0.6 is 34.8 Å². The van der Waals surface area contributed by atoms with Crippen LogP contribution in [0, 0.1) is 3.57 Å². The number of thiocarbonyl (C=S) groups is 1. The second-order valence-corrected chi connectivity index (χ2v) is 6.77. The lowest BCUT2D eigenvalue weighted by atomic mass is 10.2. The van der Waals surface area contributed by atoms with Gasteiger partial charge in [-0.15, -0.1) is 0 Å². The molecule has 1 amide bonds. The molecule has 0 spiro atoms. The molecule has 0 unspecified atom stereocenters. The molecule has 2 aromatic rings. The van der Waals surface area contributed by atoms with Gasteiger partial charge in [-0.3, -0.25) is 10.1 Å². The van der Waals surface area contributed by atoms with Gasteiger partial charge in [0, 0.05) is 9.13 Å². The average molecular weight is 454 g/mol. The maximum atomic E-state index is 12.2. The van der Waals surface area contributed by atoms with Gasteiger partial charge < -0.3 is 10.1 Å². The number of rotatable bonds is 6. The van der Waals surface area contributed by atoms with Crippen molar-refractivity contribution in [3.05, 3.63) is 57.7 Å². The van der Waals surface area contributed by atoms with Crippen molar-refractivity contribution in [3.63, 3.8) is 0 Å². The number of unbranched alkanes of at least 4 members (excludes halogenated alkanes) is 1. The van der Waals surface area contributed by atoms with E-state index in [0.717, 1.165) is 27.8 Å². The molecule has 0 aliphatic carbocycles. The van der Waals surface area contributed by atoms with Gasteiger partial charge in [-0.1, -0.05) is 31.5 Å². The highest BCUT2D eigenvalue weighted by Gasteiger charge is 2.10. The summed E-state index contributed by atoms with van der Waals surface area (Å²) in [5, 5.41) is 5.96. The van der Waals surface area contributed by atoms with Crippen LogP contribution < -0.4 is 15.4 Å². The van der Waals surface area contributed by atoms with Crippen LogP contribution in [0.3, 0.4) is 0 Å². The van der Waals surface area contributed by atoms with Crippen molar-refractivity contribution in [3.8, 4) is 5.75 Å². The molecule has 0 aliphatic heterocycles. The molecule has 0 bridgehead atoms. The molecule has 0 aliphatic rings. The van der Waals surface area contributed by atoms with Crippen LogP contribution in [0.1, 0.15) is 30.1 Å². The Bertz CT molecular complexity index is 722. The van der Waals surface area contributed by atoms with Crippen molar-refractivity contribution in [2.75, 3.05) is 11.9 Å². The van der Waals surface area contributed by atoms with E-state index in [-0.39, 0.29) is 11.0 Å². The van der Waals surface area contributed by atoms with Crippen LogP contribution in [0.2, 0.25) is 0 Å². The lowest BCUT2D eigenvalue weighted by Crippen LogP contribution is -2.34. The number of benzene rings is 2. The second kappa shape index (κ2) is 9.58. The lowest BCUT2D eigenvalue weighted by Gasteiger charge is -2.14. The van der Waals surface area contributed by atoms with Gasteiger partial charge in [0.05, 0.1) is 12.3 Å². The van der Waals surface area contributed by atoms with Crippen LogP contribution in [0.15, 0.2) is 48.5 Å². The van der Waals surface area contributed by atoms with Gasteiger partial charge >= 0.3 is 0 Å². The summed E-state index contributed by atoms with van der Waals surface area (Å²) in [6.07, 6.45) is 2.06. The quantitative estimate of drug-likeness (QED) is 0.381. The van der Waals surface area contributed by atoms with Crippen molar-refractivity contribution >= 4 is 51.5 Å². The van der Waals surface area contributed by atoms with Crippen molar-refractivity contribution in [1.82, 2.24) is 5.32 Å². The van der Waals surface area contributed by atoms with E-state index in [1.807, 2.05) is 36.4 Å². The lowest BCUT2D eigenvalue weighted by molar-refractivity contribution is 0.0977. The smallest absolute Gasteiger partial charge is 0.257 e. The molecule has 2 N–H and O–H groups in total. The van der Waals surface area contributed by atoms with Crippen molar-refractivity contribution in [2.45, 2.75) is 19.8 Å². The van der Waals surface area contributed by atoms with Crippen LogP contribution in [-0.2, 0) is 0 Å². The second-order valence-electron chi connectivity index (χ2n) is 5.12. The molecular weight excluding hydrogens is 435 g/mol. The third-order valence-corrected chi connectivity index (χ3v) is 4.08. The molecule has 6 heteroatoms. The molecule has 24 heavy (non-hydrogen) atoms. The van der Waals surface area contributed by atoms with Gasteiger partial charge in [-0.05, 0) is 71.6 Å². The number of hydrogen-bond donors (Lipinski definition) is 2. The number of anilines is 1. The Morgan fingerprint density at radius 3 is 2.75 bits per heavy atom. The number of carbonyl (C=O) groups excluding carboxylic acids is 1. The van der Waals surface area contributed by atoms with E-state index in [9.17, 15) is 4.79 Å². The maximum Gasteiger partial charge on any atom is 0.257 e. The van der Waals surface area contributed by atoms with E-state index in [1.165, 1.54) is 0 Å². The Balaban J connectivity index is 1.98. The highest BCUT2D eigenvalue weighted by atomic mass is 127. The molecule has 2 rings (SSSR count). The van der Waals surface area contributed by atoms with E-state index >= 15 is 0 Å². The number of amides is 1. The molecule has 0 radical (unpaired) electrons. The molecular formula is C18H19IN2O2S. The minimum Gasteiger partial charge on any atom is -0.491 e. The average Bonchev–Trinajstić information content (AvgIpc) is 2.56. The summed E-state index contributed by atoms with van der Waals surface area (Å²) in [5.74, 6) is 0.479. The maximum absolute atomic E-state index is 12.2. The SMILES string of the molecule is CCCCOc1ccccc1NC(=S)NC(=O)c1cccc(I)c1. The topological polar surface area (TPSA) is 50.4 Å². The number of nitrogens with one attached hydrogen (secondary N) is 2. The van der Waals surface area contributed by atoms with Crippen LogP contribution in [-0.4, -0.2) is 17.6 Å². The van der Waals surface area contributed by atoms with E-state index in [2.05, 4.69) is 40.1 Å². The van der Waals surface area contributed by atoms with E-state index in [0.29, 0.717) is 12.2 Å². The number of para-hydroxylation sites is 2. The van der Waals surface area contributed by atoms with Gasteiger partial charge in [0.15, 0.2) is 5.11 Å². The predicted octanol–water partition coefficient (Wildman–Crippen LogP) is 4.60. The largest absolute Gasteiger partial charge is 0.491 e. The van der Waals surface area contributed by atoms with Crippen LogP contribution in [0.4, 0.5) is 5.69 Å². The first kappa shape index (κ1) is 18.7. The Labute approximate surface area is 161 Å². The monoisotopic (exact) mass is 454 g/mol. The highest BCUT2D eigenvalue weighted by Crippen LogP contribution is 2.23. The fourth-order valence-corrected chi connectivity index (χ4v) is 2.73. The van der Waals surface area contributed by atoms with Gasteiger partial charge in [-0.25, -0.2) is 0 Å². The summed E-state index contributed by atoms with van der Waals surface area (Å²) in [6.45, 7) is 2.76. The van der Waals surface area contributed by atoms with Crippen LogP contribution in [0.25, 0.3) is 0 Å².